The molecule has 16 heavy (non-hydrogen) atoms. The van der Waals surface area contributed by atoms with Crippen LogP contribution >= 0.6 is 0 Å². The van der Waals surface area contributed by atoms with Gasteiger partial charge in [-0.2, -0.15) is 5.10 Å². The lowest BCUT2D eigenvalue weighted by Crippen LogP contribution is -2.23. The predicted octanol–water partition coefficient (Wildman–Crippen LogP) is -0.706. The summed E-state index contributed by atoms with van der Waals surface area (Å²) in [5.41, 5.74) is 0.285. The Balaban J connectivity index is 2.58. The fourth-order valence-electron chi connectivity index (χ4n) is 1.55. The molecule has 0 saturated heterocycles. The predicted molar refractivity (Wildman–Crippen MR) is 55.3 cm³/mol. The maximum Gasteiger partial charge on any atom is 0.272 e. The minimum Gasteiger partial charge on any atom is -0.354 e. The summed E-state index contributed by atoms with van der Waals surface area (Å²) in [6, 6.07) is 0. The highest BCUT2D eigenvalue weighted by atomic mass is 32.2. The lowest BCUT2D eigenvalue weighted by Gasteiger charge is -2.01. The van der Waals surface area contributed by atoms with Gasteiger partial charge in [0.2, 0.25) is 10.0 Å². The molecule has 0 aliphatic heterocycles. The summed E-state index contributed by atoms with van der Waals surface area (Å²) >= 11 is 0. The van der Waals surface area contributed by atoms with Crippen LogP contribution < -0.4 is 10.5 Å². The van der Waals surface area contributed by atoms with Gasteiger partial charge in [0.05, 0.1) is 5.69 Å². The van der Waals surface area contributed by atoms with E-state index >= 15 is 0 Å². The number of nitrogens with zero attached hydrogens (tertiary/aromatic N) is 1. The number of carbonyl (C=O) groups excluding carboxylic acids is 1. The molecule has 0 atom stereocenters. The highest BCUT2D eigenvalue weighted by molar-refractivity contribution is 7.89. The van der Waals surface area contributed by atoms with Gasteiger partial charge in [0, 0.05) is 13.0 Å². The van der Waals surface area contributed by atoms with E-state index < -0.39 is 15.9 Å². The molecule has 7 nitrogen and oxygen atoms in total. The minimum absolute atomic E-state index is 0.124. The Hall–Kier alpha value is -1.41. The van der Waals surface area contributed by atoms with Gasteiger partial charge in [-0.25, -0.2) is 13.6 Å². The van der Waals surface area contributed by atoms with Gasteiger partial charge in [0.15, 0.2) is 5.69 Å². The monoisotopic (exact) mass is 244 g/mol. The Bertz CT molecular complexity index is 529. The third-order valence-corrected chi connectivity index (χ3v) is 3.44. The summed E-state index contributed by atoms with van der Waals surface area (Å²) in [4.78, 5) is 11.3. The van der Waals surface area contributed by atoms with Crippen molar-refractivity contribution in [2.45, 2.75) is 23.7 Å². The van der Waals surface area contributed by atoms with E-state index in [1.807, 2.05) is 0 Å². The van der Waals surface area contributed by atoms with Crippen molar-refractivity contribution in [3.8, 4) is 0 Å². The second-order valence-corrected chi connectivity index (χ2v) is 5.21. The number of aromatic amines is 1. The van der Waals surface area contributed by atoms with Gasteiger partial charge in [0.1, 0.15) is 4.90 Å². The summed E-state index contributed by atoms with van der Waals surface area (Å²) < 4.78 is 22.9. The van der Waals surface area contributed by atoms with E-state index in [-0.39, 0.29) is 16.5 Å². The van der Waals surface area contributed by atoms with Crippen LogP contribution in [-0.2, 0) is 10.0 Å². The number of aromatic nitrogens is 2. The number of nitrogens with two attached hydrogens (primary N) is 1. The molecular formula is C8H12N4O3S. The quantitative estimate of drug-likeness (QED) is 0.651. The zero-order valence-electron chi connectivity index (χ0n) is 8.65. The highest BCUT2D eigenvalue weighted by Gasteiger charge is 2.35. The van der Waals surface area contributed by atoms with Crippen molar-refractivity contribution in [2.24, 2.45) is 5.14 Å². The SMILES string of the molecule is CNC(=O)c1n[nH]c(C2CC2)c1S(N)(=O)=O. The number of H-pyrrole nitrogens is 1. The fourth-order valence-corrected chi connectivity index (χ4v) is 2.48. The van der Waals surface area contributed by atoms with Crippen molar-refractivity contribution in [3.63, 3.8) is 0 Å². The lowest BCUT2D eigenvalue weighted by atomic mass is 10.2. The molecule has 4 N–H and O–H groups in total. The van der Waals surface area contributed by atoms with Gasteiger partial charge in [-0.15, -0.1) is 0 Å². The summed E-state index contributed by atoms with van der Waals surface area (Å²) in [6.45, 7) is 0. The van der Waals surface area contributed by atoms with Crippen LogP contribution in [0.15, 0.2) is 4.90 Å². The summed E-state index contributed by atoms with van der Waals surface area (Å²) in [7, 11) is -2.53. The number of sulfonamides is 1. The van der Waals surface area contributed by atoms with Crippen molar-refractivity contribution >= 4 is 15.9 Å². The number of hydrogen-bond donors (Lipinski definition) is 3. The molecular weight excluding hydrogens is 232 g/mol. The Morgan fingerprint density at radius 1 is 1.56 bits per heavy atom. The smallest absolute Gasteiger partial charge is 0.272 e. The molecule has 0 spiro atoms. The van der Waals surface area contributed by atoms with E-state index in [1.54, 1.807) is 0 Å². The van der Waals surface area contributed by atoms with Gasteiger partial charge < -0.3 is 5.32 Å². The number of hydrogen-bond acceptors (Lipinski definition) is 4. The van der Waals surface area contributed by atoms with E-state index in [9.17, 15) is 13.2 Å². The van der Waals surface area contributed by atoms with Gasteiger partial charge >= 0.3 is 0 Å². The van der Waals surface area contributed by atoms with Gasteiger partial charge in [-0.3, -0.25) is 9.89 Å². The van der Waals surface area contributed by atoms with E-state index in [1.165, 1.54) is 7.05 Å². The maximum absolute atomic E-state index is 11.4. The van der Waals surface area contributed by atoms with E-state index in [0.29, 0.717) is 5.69 Å². The second kappa shape index (κ2) is 3.56. The van der Waals surface area contributed by atoms with Crippen LogP contribution in [-0.4, -0.2) is 31.6 Å². The van der Waals surface area contributed by atoms with Crippen LogP contribution in [0.3, 0.4) is 0 Å². The largest absolute Gasteiger partial charge is 0.354 e. The van der Waals surface area contributed by atoms with Crippen molar-refractivity contribution in [2.75, 3.05) is 7.05 Å². The van der Waals surface area contributed by atoms with Gasteiger partial charge in [-0.1, -0.05) is 0 Å². The first-order valence-corrected chi connectivity index (χ1v) is 6.33. The second-order valence-electron chi connectivity index (χ2n) is 3.71. The zero-order chi connectivity index (χ0) is 11.9. The number of nitrogens with one attached hydrogen (secondary N) is 2. The normalized spacial score (nSPS) is 16.1. The number of amides is 1. The maximum atomic E-state index is 11.4. The fraction of sp³-hybridized carbons (Fsp3) is 0.500. The first-order valence-electron chi connectivity index (χ1n) is 4.78. The van der Waals surface area contributed by atoms with Crippen LogP contribution in [0.4, 0.5) is 0 Å². The third-order valence-electron chi connectivity index (χ3n) is 2.46. The molecule has 1 aliphatic carbocycles. The third kappa shape index (κ3) is 1.81. The van der Waals surface area contributed by atoms with Crippen LogP contribution in [0.1, 0.15) is 34.9 Å². The van der Waals surface area contributed by atoms with Gasteiger partial charge in [0.25, 0.3) is 5.91 Å². The zero-order valence-corrected chi connectivity index (χ0v) is 9.47. The summed E-state index contributed by atoms with van der Waals surface area (Å²) in [5, 5.41) is 13.7. The van der Waals surface area contributed by atoms with Crippen molar-refractivity contribution < 1.29 is 13.2 Å². The lowest BCUT2D eigenvalue weighted by molar-refractivity contribution is 0.0955. The molecule has 0 bridgehead atoms. The van der Waals surface area contributed by atoms with E-state index in [0.717, 1.165) is 12.8 Å². The molecule has 1 amide bonds. The van der Waals surface area contributed by atoms with Crippen molar-refractivity contribution in [1.82, 2.24) is 15.5 Å². The first kappa shape index (κ1) is 11.1. The molecule has 1 saturated carbocycles. The Morgan fingerprint density at radius 2 is 2.19 bits per heavy atom. The molecule has 1 fully saturated rings. The van der Waals surface area contributed by atoms with E-state index in [2.05, 4.69) is 15.5 Å². The van der Waals surface area contributed by atoms with Crippen LogP contribution in [0.2, 0.25) is 0 Å². The molecule has 1 aliphatic rings. The average molecular weight is 244 g/mol. The number of rotatable bonds is 3. The topological polar surface area (TPSA) is 118 Å². The molecule has 1 heterocycles. The Kier molecular flexibility index (Phi) is 2.47. The molecule has 1 aromatic heterocycles. The van der Waals surface area contributed by atoms with Crippen LogP contribution in [0.5, 0.6) is 0 Å². The van der Waals surface area contributed by atoms with Crippen molar-refractivity contribution in [1.29, 1.82) is 0 Å². The molecule has 0 radical (unpaired) electrons. The standard InChI is InChI=1S/C8H12N4O3S/c1-10-8(13)6-7(16(9,14)15)5(11-12-6)4-2-3-4/h4H,2-3H2,1H3,(H,10,13)(H,11,12)(H2,9,14,15). The molecule has 88 valence electrons. The number of carbonyl (C=O) groups is 1. The Labute approximate surface area is 92.5 Å². The summed E-state index contributed by atoms with van der Waals surface area (Å²) in [5.74, 6) is -0.439. The molecule has 8 heteroatoms. The van der Waals surface area contributed by atoms with Gasteiger partial charge in [-0.05, 0) is 12.8 Å². The van der Waals surface area contributed by atoms with E-state index in [4.69, 9.17) is 5.14 Å². The molecule has 0 unspecified atom stereocenters. The first-order chi connectivity index (χ1) is 7.45. The van der Waals surface area contributed by atoms with Crippen LogP contribution in [0.25, 0.3) is 0 Å². The number of primary sulfonamides is 1. The van der Waals surface area contributed by atoms with Crippen LogP contribution in [0, 0.1) is 0 Å². The molecule has 0 aromatic carbocycles. The molecule has 2 rings (SSSR count). The molecule has 1 aromatic rings. The Morgan fingerprint density at radius 3 is 2.62 bits per heavy atom. The summed E-state index contributed by atoms with van der Waals surface area (Å²) in [6.07, 6.45) is 1.77. The average Bonchev–Trinajstić information content (AvgIpc) is 2.94. The minimum atomic E-state index is -3.94. The van der Waals surface area contributed by atoms with Crippen molar-refractivity contribution in [3.05, 3.63) is 11.4 Å². The highest BCUT2D eigenvalue weighted by Crippen LogP contribution is 2.42.